The third kappa shape index (κ3) is 7.04. The lowest BCUT2D eigenvalue weighted by atomic mass is 10.1. The Morgan fingerprint density at radius 1 is 1.19 bits per heavy atom. The van der Waals surface area contributed by atoms with Crippen LogP contribution in [-0.2, 0) is 9.59 Å². The number of carbonyl (C=O) groups excluding carboxylic acids is 1. The minimum atomic E-state index is -1.06. The van der Waals surface area contributed by atoms with Crippen LogP contribution in [0.2, 0.25) is 0 Å². The van der Waals surface area contributed by atoms with Gasteiger partial charge in [0, 0.05) is 18.2 Å². The summed E-state index contributed by atoms with van der Waals surface area (Å²) >= 11 is 0. The van der Waals surface area contributed by atoms with Gasteiger partial charge in [0.05, 0.1) is 0 Å². The maximum Gasteiger partial charge on any atom is 0.328 e. The van der Waals surface area contributed by atoms with Gasteiger partial charge < -0.3 is 10.4 Å². The van der Waals surface area contributed by atoms with Crippen molar-refractivity contribution < 1.29 is 14.7 Å². The molecule has 0 aliphatic rings. The zero-order chi connectivity index (χ0) is 12.4. The van der Waals surface area contributed by atoms with Crippen LogP contribution in [0.4, 0.5) is 0 Å². The minimum absolute atomic E-state index is 0.263. The Labute approximate surface area is 96.7 Å². The molecule has 0 aliphatic carbocycles. The van der Waals surface area contributed by atoms with Crippen LogP contribution >= 0.6 is 0 Å². The van der Waals surface area contributed by atoms with E-state index in [0.29, 0.717) is 18.5 Å². The van der Waals surface area contributed by atoms with Crippen molar-refractivity contribution in [1.82, 2.24) is 5.32 Å². The van der Waals surface area contributed by atoms with Gasteiger partial charge in [-0.1, -0.05) is 26.2 Å². The van der Waals surface area contributed by atoms with Gasteiger partial charge in [-0.15, -0.1) is 0 Å². The molecule has 0 fully saturated rings. The van der Waals surface area contributed by atoms with Crippen molar-refractivity contribution in [3.8, 4) is 0 Å². The van der Waals surface area contributed by atoms with Crippen molar-refractivity contribution in [2.24, 2.45) is 0 Å². The molecule has 0 atom stereocenters. The van der Waals surface area contributed by atoms with Crippen molar-refractivity contribution in [3.05, 3.63) is 11.6 Å². The first kappa shape index (κ1) is 14.7. The molecule has 0 aromatic heterocycles. The fourth-order valence-electron chi connectivity index (χ4n) is 1.42. The van der Waals surface area contributed by atoms with E-state index >= 15 is 0 Å². The zero-order valence-electron chi connectivity index (χ0n) is 10.1. The highest BCUT2D eigenvalue weighted by Crippen LogP contribution is 2.10. The van der Waals surface area contributed by atoms with Gasteiger partial charge in [-0.25, -0.2) is 4.79 Å². The molecule has 0 saturated carbocycles. The average Bonchev–Trinajstić information content (AvgIpc) is 2.22. The SMILES string of the molecule is CCCCCC/C(=C/C(=O)O)C(=O)NCC. The highest BCUT2D eigenvalue weighted by Gasteiger charge is 2.09. The quantitative estimate of drug-likeness (QED) is 0.493. The predicted molar refractivity (Wildman–Crippen MR) is 63.2 cm³/mol. The lowest BCUT2D eigenvalue weighted by Crippen LogP contribution is -2.25. The Balaban J connectivity index is 4.22. The van der Waals surface area contributed by atoms with Gasteiger partial charge in [-0.3, -0.25) is 4.79 Å². The smallest absolute Gasteiger partial charge is 0.328 e. The number of hydrogen-bond acceptors (Lipinski definition) is 2. The van der Waals surface area contributed by atoms with Crippen molar-refractivity contribution in [2.45, 2.75) is 46.0 Å². The molecule has 0 aliphatic heterocycles. The van der Waals surface area contributed by atoms with Gasteiger partial charge in [0.25, 0.3) is 0 Å². The number of unbranched alkanes of at least 4 members (excludes halogenated alkanes) is 3. The van der Waals surface area contributed by atoms with E-state index in [1.807, 2.05) is 6.92 Å². The van der Waals surface area contributed by atoms with Crippen LogP contribution in [0.25, 0.3) is 0 Å². The molecule has 4 heteroatoms. The number of rotatable bonds is 8. The molecule has 0 radical (unpaired) electrons. The summed E-state index contributed by atoms with van der Waals surface area (Å²) < 4.78 is 0. The monoisotopic (exact) mass is 227 g/mol. The summed E-state index contributed by atoms with van der Waals surface area (Å²) in [6, 6.07) is 0. The van der Waals surface area contributed by atoms with E-state index in [1.54, 1.807) is 0 Å². The fourth-order valence-corrected chi connectivity index (χ4v) is 1.42. The number of nitrogens with one attached hydrogen (secondary N) is 1. The summed E-state index contributed by atoms with van der Waals surface area (Å²) in [5.74, 6) is -1.32. The Bertz CT molecular complexity index is 259. The second-order valence-corrected chi connectivity index (χ2v) is 3.68. The third-order valence-electron chi connectivity index (χ3n) is 2.23. The molecule has 0 rings (SSSR count). The summed E-state index contributed by atoms with van der Waals surface area (Å²) in [7, 11) is 0. The largest absolute Gasteiger partial charge is 0.478 e. The van der Waals surface area contributed by atoms with Crippen molar-refractivity contribution in [1.29, 1.82) is 0 Å². The number of hydrogen-bond donors (Lipinski definition) is 2. The molecule has 1 amide bonds. The topological polar surface area (TPSA) is 66.4 Å². The van der Waals surface area contributed by atoms with Gasteiger partial charge in [-0.05, 0) is 19.8 Å². The number of carboxylic acids is 1. The first-order chi connectivity index (χ1) is 7.61. The van der Waals surface area contributed by atoms with Crippen LogP contribution in [-0.4, -0.2) is 23.5 Å². The van der Waals surface area contributed by atoms with E-state index < -0.39 is 5.97 Å². The minimum Gasteiger partial charge on any atom is -0.478 e. The van der Waals surface area contributed by atoms with E-state index in [2.05, 4.69) is 12.2 Å². The van der Waals surface area contributed by atoms with Gasteiger partial charge >= 0.3 is 5.97 Å². The Kier molecular flexibility index (Phi) is 8.21. The molecular formula is C12H21NO3. The summed E-state index contributed by atoms with van der Waals surface area (Å²) in [4.78, 5) is 22.1. The number of amides is 1. The lowest BCUT2D eigenvalue weighted by molar-refractivity contribution is -0.132. The summed E-state index contributed by atoms with van der Waals surface area (Å²) in [5.41, 5.74) is 0.366. The molecule has 0 unspecified atom stereocenters. The predicted octanol–water partition coefficient (Wildman–Crippen LogP) is 2.10. The summed E-state index contributed by atoms with van der Waals surface area (Å²) in [6.45, 7) is 4.44. The second kappa shape index (κ2) is 8.95. The molecule has 16 heavy (non-hydrogen) atoms. The van der Waals surface area contributed by atoms with E-state index in [9.17, 15) is 9.59 Å². The highest BCUT2D eigenvalue weighted by molar-refractivity contribution is 5.98. The molecule has 0 spiro atoms. The first-order valence-electron chi connectivity index (χ1n) is 5.83. The van der Waals surface area contributed by atoms with Gasteiger partial charge in [-0.2, -0.15) is 0 Å². The van der Waals surface area contributed by atoms with Crippen molar-refractivity contribution in [2.75, 3.05) is 6.54 Å². The van der Waals surface area contributed by atoms with Gasteiger partial charge in [0.2, 0.25) is 5.91 Å². The Hall–Kier alpha value is -1.32. The van der Waals surface area contributed by atoms with Crippen molar-refractivity contribution >= 4 is 11.9 Å². The first-order valence-corrected chi connectivity index (χ1v) is 5.83. The number of carbonyl (C=O) groups is 2. The maximum atomic E-state index is 11.5. The van der Waals surface area contributed by atoms with E-state index in [4.69, 9.17) is 5.11 Å². The van der Waals surface area contributed by atoms with E-state index in [1.165, 1.54) is 0 Å². The molecule has 0 aromatic rings. The normalized spacial score (nSPS) is 11.2. The Morgan fingerprint density at radius 2 is 1.88 bits per heavy atom. The summed E-state index contributed by atoms with van der Waals surface area (Å²) in [5, 5.41) is 11.3. The van der Waals surface area contributed by atoms with Crippen molar-refractivity contribution in [3.63, 3.8) is 0 Å². The molecule has 92 valence electrons. The van der Waals surface area contributed by atoms with Crippen LogP contribution in [0.5, 0.6) is 0 Å². The lowest BCUT2D eigenvalue weighted by Gasteiger charge is -2.06. The molecule has 2 N–H and O–H groups in total. The highest BCUT2D eigenvalue weighted by atomic mass is 16.4. The van der Waals surface area contributed by atoms with Gasteiger partial charge in [0.1, 0.15) is 0 Å². The fraction of sp³-hybridized carbons (Fsp3) is 0.667. The number of likely N-dealkylation sites (N-methyl/N-ethyl adjacent to an activating group) is 1. The maximum absolute atomic E-state index is 11.5. The second-order valence-electron chi connectivity index (χ2n) is 3.68. The standard InChI is InChI=1S/C12H21NO3/c1-3-5-6-7-8-10(9-11(14)15)12(16)13-4-2/h9H,3-8H2,1-2H3,(H,13,16)(H,14,15)/b10-9-. The molecule has 0 aromatic carbocycles. The van der Waals surface area contributed by atoms with Crippen LogP contribution in [0.15, 0.2) is 11.6 Å². The molecule has 0 saturated heterocycles. The zero-order valence-corrected chi connectivity index (χ0v) is 10.1. The molecular weight excluding hydrogens is 206 g/mol. The van der Waals surface area contributed by atoms with Gasteiger partial charge in [0.15, 0.2) is 0 Å². The number of aliphatic carboxylic acids is 1. The van der Waals surface area contributed by atoms with Crippen LogP contribution in [0.1, 0.15) is 46.0 Å². The van der Waals surface area contributed by atoms with Crippen LogP contribution in [0.3, 0.4) is 0 Å². The number of carboxylic acid groups (broad SMARTS) is 1. The Morgan fingerprint density at radius 3 is 2.38 bits per heavy atom. The third-order valence-corrected chi connectivity index (χ3v) is 2.23. The van der Waals surface area contributed by atoms with Crippen LogP contribution in [0, 0.1) is 0 Å². The van der Waals surface area contributed by atoms with E-state index in [-0.39, 0.29) is 5.91 Å². The van der Waals surface area contributed by atoms with Crippen LogP contribution < -0.4 is 5.32 Å². The average molecular weight is 227 g/mol. The molecule has 0 bridgehead atoms. The molecule has 4 nitrogen and oxygen atoms in total. The molecule has 0 heterocycles. The van der Waals surface area contributed by atoms with E-state index in [0.717, 1.165) is 31.8 Å². The summed E-state index contributed by atoms with van der Waals surface area (Å²) in [6.07, 6.45) is 5.70.